The van der Waals surface area contributed by atoms with E-state index in [9.17, 15) is 9.90 Å². The number of hydrogen-bond donors (Lipinski definition) is 1. The van der Waals surface area contributed by atoms with Crippen LogP contribution in [0.4, 0.5) is 0 Å². The van der Waals surface area contributed by atoms with Crippen molar-refractivity contribution in [1.29, 1.82) is 0 Å². The van der Waals surface area contributed by atoms with Crippen molar-refractivity contribution >= 4 is 23.0 Å². The van der Waals surface area contributed by atoms with Crippen LogP contribution in [0.1, 0.15) is 19.4 Å². The van der Waals surface area contributed by atoms with E-state index in [2.05, 4.69) is 0 Å². The number of hydrogen-bond acceptors (Lipinski definition) is 3. The Morgan fingerprint density at radius 3 is 2.65 bits per heavy atom. The first-order valence-electron chi connectivity index (χ1n) is 5.73. The molecule has 0 saturated carbocycles. The van der Waals surface area contributed by atoms with Crippen molar-refractivity contribution in [3.8, 4) is 0 Å². The molecule has 2 nitrogen and oxygen atoms in total. The maximum atomic E-state index is 11.6. The SMILES string of the molecule is CCSC(=O)[C@H](C)[C@@H](O)/C=C/c1ccccc1. The second kappa shape index (κ2) is 7.30. The molecule has 0 aliphatic heterocycles. The Morgan fingerprint density at radius 1 is 1.41 bits per heavy atom. The molecule has 92 valence electrons. The van der Waals surface area contributed by atoms with Gasteiger partial charge in [-0.1, -0.05) is 68.1 Å². The van der Waals surface area contributed by atoms with Gasteiger partial charge in [-0.25, -0.2) is 0 Å². The van der Waals surface area contributed by atoms with Gasteiger partial charge >= 0.3 is 0 Å². The van der Waals surface area contributed by atoms with Crippen LogP contribution >= 0.6 is 11.8 Å². The van der Waals surface area contributed by atoms with Crippen molar-refractivity contribution in [1.82, 2.24) is 0 Å². The van der Waals surface area contributed by atoms with Crippen molar-refractivity contribution in [3.63, 3.8) is 0 Å². The maximum absolute atomic E-state index is 11.6. The summed E-state index contributed by atoms with van der Waals surface area (Å²) < 4.78 is 0. The van der Waals surface area contributed by atoms with Crippen LogP contribution in [0, 0.1) is 5.92 Å². The first-order valence-corrected chi connectivity index (χ1v) is 6.71. The Labute approximate surface area is 107 Å². The molecule has 0 radical (unpaired) electrons. The molecule has 3 heteroatoms. The second-order valence-corrected chi connectivity index (χ2v) is 5.07. The molecule has 0 fully saturated rings. The van der Waals surface area contributed by atoms with Gasteiger partial charge in [-0.3, -0.25) is 4.79 Å². The maximum Gasteiger partial charge on any atom is 0.194 e. The quantitative estimate of drug-likeness (QED) is 0.873. The van der Waals surface area contributed by atoms with Gasteiger partial charge in [0.2, 0.25) is 0 Å². The Morgan fingerprint density at radius 2 is 2.06 bits per heavy atom. The summed E-state index contributed by atoms with van der Waals surface area (Å²) >= 11 is 1.26. The Hall–Kier alpha value is -1.06. The number of aliphatic hydroxyl groups excluding tert-OH is 1. The number of rotatable bonds is 5. The predicted molar refractivity (Wildman–Crippen MR) is 73.8 cm³/mol. The summed E-state index contributed by atoms with van der Waals surface area (Å²) in [5, 5.41) is 9.89. The van der Waals surface area contributed by atoms with Crippen LogP contribution < -0.4 is 0 Å². The van der Waals surface area contributed by atoms with Gasteiger partial charge in [0.1, 0.15) is 0 Å². The van der Waals surface area contributed by atoms with E-state index in [0.29, 0.717) is 0 Å². The standard InChI is InChI=1S/C14H18O2S/c1-3-17-14(16)11(2)13(15)10-9-12-7-5-4-6-8-12/h4-11,13,15H,3H2,1-2H3/b10-9+/t11-,13+/m1/s1. The van der Waals surface area contributed by atoms with Crippen molar-refractivity contribution in [2.75, 3.05) is 5.75 Å². The molecule has 0 bridgehead atoms. The predicted octanol–water partition coefficient (Wildman–Crippen LogP) is 2.98. The molecule has 1 aromatic carbocycles. The van der Waals surface area contributed by atoms with Gasteiger partial charge in [0, 0.05) is 0 Å². The van der Waals surface area contributed by atoms with Crippen molar-refractivity contribution < 1.29 is 9.90 Å². The van der Waals surface area contributed by atoms with E-state index in [0.717, 1.165) is 11.3 Å². The fourth-order valence-electron chi connectivity index (χ4n) is 1.35. The summed E-state index contributed by atoms with van der Waals surface area (Å²) in [6.07, 6.45) is 2.79. The van der Waals surface area contributed by atoms with Gasteiger partial charge in [-0.05, 0) is 11.3 Å². The third-order valence-corrected chi connectivity index (χ3v) is 3.40. The van der Waals surface area contributed by atoms with E-state index in [1.165, 1.54) is 11.8 Å². The zero-order valence-corrected chi connectivity index (χ0v) is 11.0. The molecule has 0 saturated heterocycles. The van der Waals surface area contributed by atoms with Crippen LogP contribution in [-0.4, -0.2) is 22.1 Å². The van der Waals surface area contributed by atoms with Crippen LogP contribution in [0.15, 0.2) is 36.4 Å². The van der Waals surface area contributed by atoms with Crippen molar-refractivity contribution in [2.24, 2.45) is 5.92 Å². The molecule has 1 rings (SSSR count). The minimum atomic E-state index is -0.721. The van der Waals surface area contributed by atoms with Gasteiger partial charge in [-0.2, -0.15) is 0 Å². The summed E-state index contributed by atoms with van der Waals surface area (Å²) in [7, 11) is 0. The summed E-state index contributed by atoms with van der Waals surface area (Å²) in [6.45, 7) is 3.69. The fraction of sp³-hybridized carbons (Fsp3) is 0.357. The number of thioether (sulfide) groups is 1. The van der Waals surface area contributed by atoms with Crippen LogP contribution in [0.3, 0.4) is 0 Å². The minimum Gasteiger partial charge on any atom is -0.388 e. The topological polar surface area (TPSA) is 37.3 Å². The summed E-state index contributed by atoms with van der Waals surface area (Å²) in [4.78, 5) is 11.6. The molecule has 2 atom stereocenters. The highest BCUT2D eigenvalue weighted by Crippen LogP contribution is 2.16. The largest absolute Gasteiger partial charge is 0.388 e. The van der Waals surface area contributed by atoms with Crippen molar-refractivity contribution in [2.45, 2.75) is 20.0 Å². The second-order valence-electron chi connectivity index (χ2n) is 3.80. The number of carbonyl (C=O) groups excluding carboxylic acids is 1. The minimum absolute atomic E-state index is 0.0395. The molecule has 17 heavy (non-hydrogen) atoms. The molecule has 0 aliphatic carbocycles. The lowest BCUT2D eigenvalue weighted by Crippen LogP contribution is -2.21. The van der Waals surface area contributed by atoms with Gasteiger partial charge in [0.15, 0.2) is 5.12 Å². The van der Waals surface area contributed by atoms with Gasteiger partial charge in [0.05, 0.1) is 12.0 Å². The van der Waals surface area contributed by atoms with Crippen LogP contribution in [0.2, 0.25) is 0 Å². The molecular formula is C14H18O2S. The lowest BCUT2D eigenvalue weighted by molar-refractivity contribution is -0.116. The average molecular weight is 250 g/mol. The van der Waals surface area contributed by atoms with Crippen LogP contribution in [0.25, 0.3) is 6.08 Å². The smallest absolute Gasteiger partial charge is 0.194 e. The third-order valence-electron chi connectivity index (χ3n) is 2.46. The monoisotopic (exact) mass is 250 g/mol. The molecule has 0 heterocycles. The molecular weight excluding hydrogens is 232 g/mol. The van der Waals surface area contributed by atoms with Crippen molar-refractivity contribution in [3.05, 3.63) is 42.0 Å². The van der Waals surface area contributed by atoms with E-state index in [4.69, 9.17) is 0 Å². The molecule has 0 amide bonds. The summed E-state index contributed by atoms with van der Waals surface area (Å²) in [5.74, 6) is 0.387. The van der Waals surface area contributed by atoms with E-state index < -0.39 is 6.10 Å². The molecule has 1 aromatic rings. The number of aliphatic hydroxyl groups is 1. The molecule has 0 aromatic heterocycles. The Kier molecular flexibility index (Phi) is 6.01. The lowest BCUT2D eigenvalue weighted by atomic mass is 10.1. The normalized spacial score (nSPS) is 14.8. The number of benzene rings is 1. The first-order chi connectivity index (χ1) is 8.15. The van der Waals surface area contributed by atoms with E-state index >= 15 is 0 Å². The summed E-state index contributed by atoms with van der Waals surface area (Å²) in [6, 6.07) is 9.73. The summed E-state index contributed by atoms with van der Waals surface area (Å²) in [5.41, 5.74) is 1.02. The molecule has 0 aliphatic rings. The highest BCUT2D eigenvalue weighted by atomic mass is 32.2. The molecule has 1 N–H and O–H groups in total. The van der Waals surface area contributed by atoms with E-state index in [1.807, 2.05) is 43.3 Å². The highest BCUT2D eigenvalue weighted by Gasteiger charge is 2.19. The van der Waals surface area contributed by atoms with Gasteiger partial charge in [-0.15, -0.1) is 0 Å². The third kappa shape index (κ3) is 4.75. The zero-order chi connectivity index (χ0) is 12.7. The Bertz CT molecular complexity index is 373. The molecule has 0 spiro atoms. The average Bonchev–Trinajstić information content (AvgIpc) is 2.36. The lowest BCUT2D eigenvalue weighted by Gasteiger charge is -2.13. The first kappa shape index (κ1) is 14.0. The van der Waals surface area contributed by atoms with E-state index in [-0.39, 0.29) is 11.0 Å². The van der Waals surface area contributed by atoms with Gasteiger partial charge < -0.3 is 5.11 Å². The van der Waals surface area contributed by atoms with Gasteiger partial charge in [0.25, 0.3) is 0 Å². The van der Waals surface area contributed by atoms with Crippen LogP contribution in [0.5, 0.6) is 0 Å². The fourth-order valence-corrected chi connectivity index (χ4v) is 2.04. The number of carbonyl (C=O) groups is 1. The van der Waals surface area contributed by atoms with Crippen LogP contribution in [-0.2, 0) is 4.79 Å². The van der Waals surface area contributed by atoms with E-state index in [1.54, 1.807) is 13.0 Å². The highest BCUT2D eigenvalue weighted by molar-refractivity contribution is 8.13. The Balaban J connectivity index is 2.57. The zero-order valence-electron chi connectivity index (χ0n) is 10.2. The molecule has 0 unspecified atom stereocenters.